The minimum atomic E-state index is -0.156. The number of amides is 1. The fourth-order valence-electron chi connectivity index (χ4n) is 3.27. The van der Waals surface area contributed by atoms with E-state index in [0.717, 1.165) is 11.0 Å². The van der Waals surface area contributed by atoms with E-state index in [1.807, 2.05) is 60.7 Å². The summed E-state index contributed by atoms with van der Waals surface area (Å²) in [5, 5.41) is 3.01. The smallest absolute Gasteiger partial charge is 0.244 e. The van der Waals surface area contributed by atoms with Crippen LogP contribution in [0.4, 0.5) is 0 Å². The van der Waals surface area contributed by atoms with E-state index >= 15 is 0 Å². The van der Waals surface area contributed by atoms with Gasteiger partial charge in [-0.2, -0.15) is 0 Å². The Labute approximate surface area is 170 Å². The number of carbonyl (C=O) groups excluding carboxylic acids is 1. The van der Waals surface area contributed by atoms with Crippen LogP contribution in [0.15, 0.2) is 97.2 Å². The molecule has 0 saturated heterocycles. The summed E-state index contributed by atoms with van der Waals surface area (Å²) >= 11 is 0. The highest BCUT2D eigenvalue weighted by molar-refractivity contribution is 5.91. The first-order valence-corrected chi connectivity index (χ1v) is 9.57. The molecule has 0 radical (unpaired) electrons. The van der Waals surface area contributed by atoms with Crippen molar-refractivity contribution in [3.63, 3.8) is 0 Å². The number of nitrogens with one attached hydrogen (secondary N) is 1. The molecule has 0 bridgehead atoms. The number of nitrogens with zero attached hydrogens (tertiary/aromatic N) is 2. The second kappa shape index (κ2) is 8.93. The van der Waals surface area contributed by atoms with Crippen LogP contribution in [0.25, 0.3) is 17.1 Å². The zero-order valence-electron chi connectivity index (χ0n) is 15.9. The van der Waals surface area contributed by atoms with Crippen molar-refractivity contribution in [1.82, 2.24) is 15.3 Å². The van der Waals surface area contributed by atoms with Crippen molar-refractivity contribution >= 4 is 23.0 Å². The monoisotopic (exact) mass is 379 g/mol. The molecule has 142 valence electrons. The zero-order chi connectivity index (χ0) is 19.9. The third-order valence-corrected chi connectivity index (χ3v) is 4.76. The average Bonchev–Trinajstić information content (AvgIpc) is 2.79. The van der Waals surface area contributed by atoms with Crippen LogP contribution in [-0.2, 0) is 4.79 Å². The molecule has 0 spiro atoms. The lowest BCUT2D eigenvalue weighted by Gasteiger charge is -2.18. The highest BCUT2D eigenvalue weighted by atomic mass is 16.1. The van der Waals surface area contributed by atoms with E-state index in [2.05, 4.69) is 39.6 Å². The molecule has 0 unspecified atom stereocenters. The van der Waals surface area contributed by atoms with Crippen LogP contribution in [0.1, 0.15) is 22.7 Å². The minimum absolute atomic E-state index is 0.0928. The molecule has 29 heavy (non-hydrogen) atoms. The third kappa shape index (κ3) is 4.74. The maximum atomic E-state index is 12.4. The molecular weight excluding hydrogens is 358 g/mol. The van der Waals surface area contributed by atoms with Gasteiger partial charge in [-0.3, -0.25) is 9.78 Å². The summed E-state index contributed by atoms with van der Waals surface area (Å²) in [6, 6.07) is 28.1. The fourth-order valence-corrected chi connectivity index (χ4v) is 3.27. The van der Waals surface area contributed by atoms with Crippen LogP contribution < -0.4 is 5.32 Å². The van der Waals surface area contributed by atoms with Crippen LogP contribution in [0, 0.1) is 0 Å². The number of hydrogen-bond donors (Lipinski definition) is 1. The van der Waals surface area contributed by atoms with Gasteiger partial charge >= 0.3 is 0 Å². The van der Waals surface area contributed by atoms with E-state index in [4.69, 9.17) is 0 Å². The number of hydrogen-bond acceptors (Lipinski definition) is 3. The fraction of sp³-hybridized carbons (Fsp3) is 0.0800. The Bertz CT molecular complexity index is 1080. The first kappa shape index (κ1) is 18.6. The van der Waals surface area contributed by atoms with Crippen molar-refractivity contribution in [2.45, 2.75) is 5.92 Å². The van der Waals surface area contributed by atoms with Crippen molar-refractivity contribution in [3.8, 4) is 0 Å². The normalized spacial score (nSPS) is 11.2. The second-order valence-electron chi connectivity index (χ2n) is 6.74. The predicted molar refractivity (Wildman–Crippen MR) is 116 cm³/mol. The molecule has 1 heterocycles. The summed E-state index contributed by atoms with van der Waals surface area (Å²) in [5.74, 6) is -0.0629. The SMILES string of the molecule is O=C(/C=C/c1cnc2ccccc2n1)NCC(c1ccccc1)c1ccccc1. The van der Waals surface area contributed by atoms with Gasteiger partial charge in [-0.05, 0) is 29.3 Å². The zero-order valence-corrected chi connectivity index (χ0v) is 15.9. The average molecular weight is 379 g/mol. The summed E-state index contributed by atoms with van der Waals surface area (Å²) in [4.78, 5) is 21.3. The number of carbonyl (C=O) groups is 1. The molecule has 0 aliphatic rings. The lowest BCUT2D eigenvalue weighted by Crippen LogP contribution is -2.27. The van der Waals surface area contributed by atoms with Crippen molar-refractivity contribution in [2.24, 2.45) is 0 Å². The molecule has 1 aromatic heterocycles. The van der Waals surface area contributed by atoms with Gasteiger partial charge in [0.2, 0.25) is 5.91 Å². The Morgan fingerprint density at radius 2 is 1.41 bits per heavy atom. The molecule has 4 rings (SSSR count). The molecule has 4 nitrogen and oxygen atoms in total. The van der Waals surface area contributed by atoms with Crippen molar-refractivity contribution in [1.29, 1.82) is 0 Å². The molecule has 4 aromatic rings. The van der Waals surface area contributed by atoms with Gasteiger partial charge in [0, 0.05) is 18.5 Å². The second-order valence-corrected chi connectivity index (χ2v) is 6.74. The Balaban J connectivity index is 1.45. The summed E-state index contributed by atoms with van der Waals surface area (Å²) < 4.78 is 0. The Morgan fingerprint density at radius 3 is 2.07 bits per heavy atom. The predicted octanol–water partition coefficient (Wildman–Crippen LogP) is 4.59. The molecule has 3 aromatic carbocycles. The highest BCUT2D eigenvalue weighted by Gasteiger charge is 2.14. The van der Waals surface area contributed by atoms with Gasteiger partial charge in [-0.1, -0.05) is 72.8 Å². The van der Waals surface area contributed by atoms with Gasteiger partial charge in [0.1, 0.15) is 0 Å². The molecule has 4 heteroatoms. The van der Waals surface area contributed by atoms with E-state index in [-0.39, 0.29) is 11.8 Å². The first-order chi connectivity index (χ1) is 14.3. The van der Waals surface area contributed by atoms with E-state index in [9.17, 15) is 4.79 Å². The van der Waals surface area contributed by atoms with Crippen molar-refractivity contribution in [2.75, 3.05) is 6.54 Å². The number of para-hydroxylation sites is 2. The molecule has 1 amide bonds. The van der Waals surface area contributed by atoms with E-state index in [0.29, 0.717) is 12.2 Å². The van der Waals surface area contributed by atoms with Gasteiger partial charge in [0.15, 0.2) is 0 Å². The largest absolute Gasteiger partial charge is 0.352 e. The van der Waals surface area contributed by atoms with Crippen molar-refractivity contribution < 1.29 is 4.79 Å². The number of rotatable bonds is 6. The molecule has 0 saturated carbocycles. The minimum Gasteiger partial charge on any atom is -0.352 e. The summed E-state index contributed by atoms with van der Waals surface area (Å²) in [6.07, 6.45) is 4.86. The van der Waals surface area contributed by atoms with E-state index in [1.54, 1.807) is 12.3 Å². The number of aromatic nitrogens is 2. The van der Waals surface area contributed by atoms with E-state index in [1.165, 1.54) is 17.2 Å². The van der Waals surface area contributed by atoms with Gasteiger partial charge in [-0.15, -0.1) is 0 Å². The van der Waals surface area contributed by atoms with Gasteiger partial charge in [0.05, 0.1) is 22.9 Å². The number of fused-ring (bicyclic) bond motifs is 1. The first-order valence-electron chi connectivity index (χ1n) is 9.57. The topological polar surface area (TPSA) is 54.9 Å². The highest BCUT2D eigenvalue weighted by Crippen LogP contribution is 2.23. The molecule has 0 atom stereocenters. The Kier molecular flexibility index (Phi) is 5.72. The van der Waals surface area contributed by atoms with E-state index < -0.39 is 0 Å². The van der Waals surface area contributed by atoms with Crippen molar-refractivity contribution in [3.05, 3.63) is 114 Å². The van der Waals surface area contributed by atoms with Gasteiger partial charge in [0.25, 0.3) is 0 Å². The molecular formula is C25H21N3O. The molecule has 0 aliphatic carbocycles. The van der Waals surface area contributed by atoms with Gasteiger partial charge < -0.3 is 5.32 Å². The van der Waals surface area contributed by atoms with Crippen LogP contribution in [0.3, 0.4) is 0 Å². The number of benzene rings is 3. The summed E-state index contributed by atoms with van der Waals surface area (Å²) in [7, 11) is 0. The molecule has 0 fully saturated rings. The Hall–Kier alpha value is -3.79. The Morgan fingerprint density at radius 1 is 0.828 bits per heavy atom. The van der Waals surface area contributed by atoms with Gasteiger partial charge in [-0.25, -0.2) is 4.98 Å². The molecule has 0 aliphatic heterocycles. The van der Waals surface area contributed by atoms with Crippen LogP contribution in [0.2, 0.25) is 0 Å². The quantitative estimate of drug-likeness (QED) is 0.499. The lowest BCUT2D eigenvalue weighted by molar-refractivity contribution is -0.116. The maximum absolute atomic E-state index is 12.4. The van der Waals surface area contributed by atoms with Crippen LogP contribution >= 0.6 is 0 Å². The standard InChI is InChI=1S/C25H21N3O/c29-25(16-15-21-17-26-23-13-7-8-14-24(23)28-21)27-18-22(19-9-3-1-4-10-19)20-11-5-2-6-12-20/h1-17,22H,18H2,(H,27,29)/b16-15+. The lowest BCUT2D eigenvalue weighted by atomic mass is 9.91. The van der Waals surface area contributed by atoms with Crippen LogP contribution in [-0.4, -0.2) is 22.4 Å². The third-order valence-electron chi connectivity index (χ3n) is 4.76. The maximum Gasteiger partial charge on any atom is 0.244 e. The molecule has 1 N–H and O–H groups in total. The summed E-state index contributed by atoms with van der Waals surface area (Å²) in [5.41, 5.74) is 4.64. The van der Waals surface area contributed by atoms with Crippen LogP contribution in [0.5, 0.6) is 0 Å². The summed E-state index contributed by atoms with van der Waals surface area (Å²) in [6.45, 7) is 0.514.